The Bertz CT molecular complexity index is 458. The molecule has 1 heterocycles. The zero-order chi connectivity index (χ0) is 9.71. The summed E-state index contributed by atoms with van der Waals surface area (Å²) in [6, 6.07) is 3.33. The second-order valence-electron chi connectivity index (χ2n) is 4.01. The molecule has 1 aromatic heterocycles. The van der Waals surface area contributed by atoms with E-state index >= 15 is 0 Å². The van der Waals surface area contributed by atoms with Crippen molar-refractivity contribution in [1.29, 1.82) is 0 Å². The van der Waals surface area contributed by atoms with E-state index in [1.54, 1.807) is 6.92 Å². The quantitative estimate of drug-likeness (QED) is 0.735. The highest BCUT2D eigenvalue weighted by Crippen LogP contribution is 2.39. The van der Waals surface area contributed by atoms with Crippen LogP contribution in [-0.4, -0.2) is 9.97 Å². The third kappa shape index (κ3) is 1.12. The fourth-order valence-corrected chi connectivity index (χ4v) is 1.71. The third-order valence-electron chi connectivity index (χ3n) is 2.74. The molecule has 3 heteroatoms. The lowest BCUT2D eigenvalue weighted by atomic mass is 10.2. The normalized spacial score (nSPS) is 16.4. The number of nitrogens with one attached hydrogen (secondary N) is 1. The zero-order valence-electron chi connectivity index (χ0n) is 7.97. The second-order valence-corrected chi connectivity index (χ2v) is 4.01. The average molecular weight is 190 g/mol. The molecule has 3 rings (SSSR count). The number of aromatic nitrogens is 2. The summed E-state index contributed by atoms with van der Waals surface area (Å²) in [6.07, 6.45) is 2.42. The molecule has 1 N–H and O–H groups in total. The van der Waals surface area contributed by atoms with Crippen molar-refractivity contribution in [2.45, 2.75) is 25.7 Å². The molecule has 14 heavy (non-hydrogen) atoms. The fourth-order valence-electron chi connectivity index (χ4n) is 1.71. The van der Waals surface area contributed by atoms with Crippen LogP contribution in [0.15, 0.2) is 12.1 Å². The minimum atomic E-state index is -0.175. The number of aromatic amines is 1. The van der Waals surface area contributed by atoms with Gasteiger partial charge in [-0.3, -0.25) is 0 Å². The fraction of sp³-hybridized carbons (Fsp3) is 0.364. The average Bonchev–Trinajstić information content (AvgIpc) is 2.90. The van der Waals surface area contributed by atoms with Crippen LogP contribution in [0.1, 0.15) is 30.1 Å². The monoisotopic (exact) mass is 190 g/mol. The largest absolute Gasteiger partial charge is 0.342 e. The molecule has 1 fully saturated rings. The van der Waals surface area contributed by atoms with Gasteiger partial charge in [0.05, 0.1) is 11.0 Å². The van der Waals surface area contributed by atoms with E-state index in [0.29, 0.717) is 11.5 Å². The van der Waals surface area contributed by atoms with Gasteiger partial charge >= 0.3 is 0 Å². The number of rotatable bonds is 1. The minimum absolute atomic E-state index is 0.175. The Hall–Kier alpha value is -1.38. The molecule has 0 saturated heterocycles. The van der Waals surface area contributed by atoms with Crippen LogP contribution >= 0.6 is 0 Å². The van der Waals surface area contributed by atoms with Crippen LogP contribution in [0.2, 0.25) is 0 Å². The summed E-state index contributed by atoms with van der Waals surface area (Å²) in [4.78, 5) is 7.63. The highest BCUT2D eigenvalue weighted by Gasteiger charge is 2.26. The van der Waals surface area contributed by atoms with E-state index in [0.717, 1.165) is 16.9 Å². The van der Waals surface area contributed by atoms with Crippen LogP contribution in [0.3, 0.4) is 0 Å². The summed E-state index contributed by atoms with van der Waals surface area (Å²) in [5.41, 5.74) is 2.37. The summed E-state index contributed by atoms with van der Waals surface area (Å²) in [7, 11) is 0. The molecule has 0 radical (unpaired) electrons. The van der Waals surface area contributed by atoms with Gasteiger partial charge in [-0.15, -0.1) is 0 Å². The van der Waals surface area contributed by atoms with Gasteiger partial charge in [0.2, 0.25) is 0 Å². The first-order valence-corrected chi connectivity index (χ1v) is 4.90. The summed E-state index contributed by atoms with van der Waals surface area (Å²) in [5.74, 6) is 1.43. The van der Waals surface area contributed by atoms with Crippen molar-refractivity contribution in [3.05, 3.63) is 29.3 Å². The van der Waals surface area contributed by atoms with E-state index in [1.165, 1.54) is 18.9 Å². The van der Waals surface area contributed by atoms with E-state index < -0.39 is 0 Å². The number of halogens is 1. The molecule has 72 valence electrons. The van der Waals surface area contributed by atoms with Crippen molar-refractivity contribution in [3.8, 4) is 0 Å². The molecule has 1 saturated carbocycles. The molecule has 0 atom stereocenters. The number of H-pyrrole nitrogens is 1. The van der Waals surface area contributed by atoms with Crippen LogP contribution < -0.4 is 0 Å². The van der Waals surface area contributed by atoms with Crippen molar-refractivity contribution < 1.29 is 4.39 Å². The van der Waals surface area contributed by atoms with Gasteiger partial charge in [0.1, 0.15) is 11.6 Å². The molecule has 0 aliphatic heterocycles. The molecule has 0 spiro atoms. The van der Waals surface area contributed by atoms with Crippen molar-refractivity contribution in [1.82, 2.24) is 9.97 Å². The Balaban J connectivity index is 2.22. The first kappa shape index (κ1) is 7.97. The highest BCUT2D eigenvalue weighted by molar-refractivity contribution is 5.76. The maximum absolute atomic E-state index is 13.2. The zero-order valence-corrected chi connectivity index (χ0v) is 7.97. The van der Waals surface area contributed by atoms with Gasteiger partial charge in [-0.05, 0) is 31.4 Å². The number of nitrogens with zero attached hydrogens (tertiary/aromatic N) is 1. The van der Waals surface area contributed by atoms with Gasteiger partial charge in [0.15, 0.2) is 0 Å². The van der Waals surface area contributed by atoms with E-state index in [1.807, 2.05) is 6.07 Å². The van der Waals surface area contributed by atoms with Crippen LogP contribution in [0.5, 0.6) is 0 Å². The molecule has 1 aromatic carbocycles. The van der Waals surface area contributed by atoms with Crippen molar-refractivity contribution in [2.24, 2.45) is 0 Å². The number of aryl methyl sites for hydroxylation is 1. The molecule has 0 bridgehead atoms. The lowest BCUT2D eigenvalue weighted by Gasteiger charge is -1.93. The van der Waals surface area contributed by atoms with Gasteiger partial charge in [-0.1, -0.05) is 0 Å². The number of hydrogen-bond acceptors (Lipinski definition) is 1. The number of imidazole rings is 1. The number of hydrogen-bond donors (Lipinski definition) is 1. The number of fused-ring (bicyclic) bond motifs is 1. The topological polar surface area (TPSA) is 28.7 Å². The SMILES string of the molecule is Cc1cc2[nH]c(C3CC3)nc2cc1F. The van der Waals surface area contributed by atoms with Gasteiger partial charge in [-0.2, -0.15) is 0 Å². The van der Waals surface area contributed by atoms with Crippen molar-refractivity contribution in [2.75, 3.05) is 0 Å². The van der Waals surface area contributed by atoms with E-state index in [4.69, 9.17) is 0 Å². The molecular formula is C11H11FN2. The lowest BCUT2D eigenvalue weighted by molar-refractivity contribution is 0.620. The Morgan fingerprint density at radius 3 is 2.93 bits per heavy atom. The Labute approximate surface area is 81.2 Å². The summed E-state index contributed by atoms with van der Waals surface area (Å²) in [5, 5.41) is 0. The summed E-state index contributed by atoms with van der Waals surface area (Å²) < 4.78 is 13.2. The van der Waals surface area contributed by atoms with Crippen molar-refractivity contribution in [3.63, 3.8) is 0 Å². The first-order chi connectivity index (χ1) is 6.74. The first-order valence-electron chi connectivity index (χ1n) is 4.90. The Morgan fingerprint density at radius 1 is 1.43 bits per heavy atom. The highest BCUT2D eigenvalue weighted by atomic mass is 19.1. The summed E-state index contributed by atoms with van der Waals surface area (Å²) in [6.45, 7) is 1.77. The van der Waals surface area contributed by atoms with Crippen LogP contribution in [0.4, 0.5) is 4.39 Å². The van der Waals surface area contributed by atoms with Crippen LogP contribution in [0, 0.1) is 12.7 Å². The minimum Gasteiger partial charge on any atom is -0.342 e. The third-order valence-corrected chi connectivity index (χ3v) is 2.74. The summed E-state index contributed by atoms with van der Waals surface area (Å²) >= 11 is 0. The second kappa shape index (κ2) is 2.56. The Kier molecular flexibility index (Phi) is 1.46. The van der Waals surface area contributed by atoms with Crippen LogP contribution in [-0.2, 0) is 0 Å². The van der Waals surface area contributed by atoms with Gasteiger partial charge in [0.25, 0.3) is 0 Å². The predicted molar refractivity (Wildman–Crippen MR) is 52.8 cm³/mol. The molecule has 2 aromatic rings. The molecule has 1 aliphatic rings. The van der Waals surface area contributed by atoms with Gasteiger partial charge in [-0.25, -0.2) is 9.37 Å². The molecule has 1 aliphatic carbocycles. The molecule has 0 unspecified atom stereocenters. The predicted octanol–water partition coefficient (Wildman–Crippen LogP) is 2.89. The lowest BCUT2D eigenvalue weighted by Crippen LogP contribution is -1.81. The van der Waals surface area contributed by atoms with Gasteiger partial charge in [0, 0.05) is 12.0 Å². The smallest absolute Gasteiger partial charge is 0.128 e. The van der Waals surface area contributed by atoms with E-state index in [-0.39, 0.29) is 5.82 Å². The van der Waals surface area contributed by atoms with Crippen LogP contribution in [0.25, 0.3) is 11.0 Å². The molecular weight excluding hydrogens is 179 g/mol. The number of benzene rings is 1. The van der Waals surface area contributed by atoms with E-state index in [2.05, 4.69) is 9.97 Å². The molecule has 0 amide bonds. The van der Waals surface area contributed by atoms with E-state index in [9.17, 15) is 4.39 Å². The standard InChI is InChI=1S/C11H11FN2/c1-6-4-9-10(5-8(6)12)14-11(13-9)7-2-3-7/h4-5,7H,2-3H2,1H3,(H,13,14). The maximum atomic E-state index is 13.2. The maximum Gasteiger partial charge on any atom is 0.128 e. The van der Waals surface area contributed by atoms with Gasteiger partial charge < -0.3 is 4.98 Å². The molecule has 2 nitrogen and oxygen atoms in total. The Morgan fingerprint density at radius 2 is 2.21 bits per heavy atom. The van der Waals surface area contributed by atoms with Crippen molar-refractivity contribution >= 4 is 11.0 Å².